The summed E-state index contributed by atoms with van der Waals surface area (Å²) in [6.07, 6.45) is -1.76. The Balaban J connectivity index is 1.87. The molecule has 0 atom stereocenters. The third kappa shape index (κ3) is 5.39. The molecular formula is C23H22ClF2N5O5. The molecule has 13 heteroatoms. The van der Waals surface area contributed by atoms with Crippen LogP contribution in [0.15, 0.2) is 52.2 Å². The van der Waals surface area contributed by atoms with Crippen LogP contribution in [0, 0.1) is 0 Å². The number of aromatic nitrogens is 5. The van der Waals surface area contributed by atoms with Crippen LogP contribution in [0.4, 0.5) is 8.78 Å². The molecule has 0 fully saturated rings. The molecule has 0 aliphatic heterocycles. The monoisotopic (exact) mass is 521 g/mol. The quantitative estimate of drug-likeness (QED) is 0.360. The Kier molecular flexibility index (Phi) is 7.09. The zero-order chi connectivity index (χ0) is 26.0. The molecule has 1 aromatic carbocycles. The second kappa shape index (κ2) is 10.1. The van der Waals surface area contributed by atoms with Crippen LogP contribution in [0.5, 0.6) is 17.5 Å². The summed E-state index contributed by atoms with van der Waals surface area (Å²) < 4.78 is 40.8. The standard InChI is InChI=1S/C23H22ClF2N5O5/c1-23(25,26)36-17-6-3-5-16(11-17)35-21-28-19-18(31(21)13-15-8-7-14(24)12-27-15)20(33)30(9-4-10-32)22(34)29(19)2/h3,5-8,11-12,32H,4,9-10,13H2,1-2H3. The van der Waals surface area contributed by atoms with Gasteiger partial charge in [0.05, 0.1) is 17.3 Å². The molecule has 0 bridgehead atoms. The van der Waals surface area contributed by atoms with Crippen LogP contribution >= 0.6 is 11.6 Å². The van der Waals surface area contributed by atoms with E-state index >= 15 is 0 Å². The van der Waals surface area contributed by atoms with Gasteiger partial charge in [-0.2, -0.15) is 13.8 Å². The van der Waals surface area contributed by atoms with E-state index in [1.54, 1.807) is 12.1 Å². The summed E-state index contributed by atoms with van der Waals surface area (Å²) >= 11 is 5.94. The summed E-state index contributed by atoms with van der Waals surface area (Å²) in [6.45, 7) is 0.440. The topological polar surface area (TPSA) is 113 Å². The highest BCUT2D eigenvalue weighted by molar-refractivity contribution is 6.30. The van der Waals surface area contributed by atoms with Crippen LogP contribution in [-0.2, 0) is 20.1 Å². The van der Waals surface area contributed by atoms with E-state index in [1.807, 2.05) is 0 Å². The van der Waals surface area contributed by atoms with Crippen molar-refractivity contribution in [2.45, 2.75) is 32.5 Å². The molecule has 4 rings (SSSR count). The number of hydrogen-bond donors (Lipinski definition) is 1. The van der Waals surface area contributed by atoms with E-state index < -0.39 is 17.4 Å². The molecule has 0 aliphatic rings. The molecule has 0 radical (unpaired) electrons. The summed E-state index contributed by atoms with van der Waals surface area (Å²) in [6, 6.07) is 8.76. The first-order chi connectivity index (χ1) is 17.1. The predicted octanol–water partition coefficient (Wildman–Crippen LogP) is 3.16. The van der Waals surface area contributed by atoms with Crippen molar-refractivity contribution in [3.05, 3.63) is 74.1 Å². The van der Waals surface area contributed by atoms with Gasteiger partial charge >= 0.3 is 17.8 Å². The number of benzene rings is 1. The number of nitrogens with zero attached hydrogens (tertiary/aromatic N) is 5. The molecule has 3 heterocycles. The fraction of sp³-hybridized carbons (Fsp3) is 0.304. The highest BCUT2D eigenvalue weighted by atomic mass is 35.5. The van der Waals surface area contributed by atoms with Gasteiger partial charge < -0.3 is 14.6 Å². The van der Waals surface area contributed by atoms with Crippen molar-refractivity contribution in [2.24, 2.45) is 7.05 Å². The number of imidazole rings is 1. The van der Waals surface area contributed by atoms with Gasteiger partial charge in [0.15, 0.2) is 11.2 Å². The largest absolute Gasteiger partial charge is 0.433 e. The normalized spacial score (nSPS) is 11.7. The lowest BCUT2D eigenvalue weighted by atomic mass is 10.3. The molecule has 0 aliphatic carbocycles. The van der Waals surface area contributed by atoms with Crippen molar-refractivity contribution in [1.29, 1.82) is 0 Å². The van der Waals surface area contributed by atoms with E-state index in [4.69, 9.17) is 16.3 Å². The molecule has 4 aromatic rings. The number of pyridine rings is 1. The van der Waals surface area contributed by atoms with Crippen LogP contribution in [0.3, 0.4) is 0 Å². The minimum atomic E-state index is -3.40. The van der Waals surface area contributed by atoms with Crippen molar-refractivity contribution in [2.75, 3.05) is 6.61 Å². The van der Waals surface area contributed by atoms with Crippen LogP contribution < -0.4 is 20.7 Å². The molecule has 0 saturated heterocycles. The number of alkyl halides is 2. The van der Waals surface area contributed by atoms with Gasteiger partial charge in [0.25, 0.3) is 5.56 Å². The minimum absolute atomic E-state index is 0.00310. The fourth-order valence-corrected chi connectivity index (χ4v) is 3.69. The van der Waals surface area contributed by atoms with Gasteiger partial charge in [0.1, 0.15) is 11.5 Å². The molecule has 0 saturated carbocycles. The van der Waals surface area contributed by atoms with Gasteiger partial charge in [-0.25, -0.2) is 4.79 Å². The van der Waals surface area contributed by atoms with E-state index in [0.717, 1.165) is 4.57 Å². The van der Waals surface area contributed by atoms with E-state index in [9.17, 15) is 23.5 Å². The second-order valence-corrected chi connectivity index (χ2v) is 8.42. The number of ether oxygens (including phenoxy) is 2. The Hall–Kier alpha value is -3.77. The Bertz CT molecular complexity index is 1510. The van der Waals surface area contributed by atoms with Gasteiger partial charge in [-0.05, 0) is 30.7 Å². The fourth-order valence-electron chi connectivity index (χ4n) is 3.58. The van der Waals surface area contributed by atoms with Crippen molar-refractivity contribution < 1.29 is 23.4 Å². The lowest BCUT2D eigenvalue weighted by Crippen LogP contribution is -2.39. The van der Waals surface area contributed by atoms with Gasteiger partial charge in [-0.15, -0.1) is 0 Å². The van der Waals surface area contributed by atoms with Gasteiger partial charge in [0, 0.05) is 39.4 Å². The van der Waals surface area contributed by atoms with Crippen LogP contribution in [0.1, 0.15) is 19.0 Å². The van der Waals surface area contributed by atoms with Gasteiger partial charge in [-0.3, -0.25) is 23.5 Å². The Morgan fingerprint density at radius 3 is 2.56 bits per heavy atom. The van der Waals surface area contributed by atoms with Gasteiger partial charge in [-0.1, -0.05) is 17.7 Å². The summed E-state index contributed by atoms with van der Waals surface area (Å²) in [4.78, 5) is 34.8. The smallest absolute Gasteiger partial charge is 0.394 e. The van der Waals surface area contributed by atoms with Gasteiger partial charge in [0.2, 0.25) is 0 Å². The average Bonchev–Trinajstić information content (AvgIpc) is 3.16. The Labute approximate surface area is 207 Å². The summed E-state index contributed by atoms with van der Waals surface area (Å²) in [5.74, 6) is -0.0243. The van der Waals surface area contributed by atoms with Crippen LogP contribution in [0.25, 0.3) is 11.2 Å². The maximum absolute atomic E-state index is 13.4. The molecule has 190 valence electrons. The SMILES string of the molecule is Cn1c(=O)n(CCCO)c(=O)c2c1nc(Oc1cccc(OC(C)(F)F)c1)n2Cc1ccc(Cl)cn1. The first kappa shape index (κ1) is 25.3. The zero-order valence-electron chi connectivity index (χ0n) is 19.3. The molecular weight excluding hydrogens is 500 g/mol. The number of aliphatic hydroxyl groups is 1. The number of aliphatic hydroxyl groups excluding tert-OH is 1. The van der Waals surface area contributed by atoms with Crippen molar-refractivity contribution in [3.63, 3.8) is 0 Å². The molecule has 1 N–H and O–H groups in total. The highest BCUT2D eigenvalue weighted by Crippen LogP contribution is 2.29. The molecule has 3 aromatic heterocycles. The van der Waals surface area contributed by atoms with Crippen LogP contribution in [0.2, 0.25) is 5.02 Å². The molecule has 36 heavy (non-hydrogen) atoms. The first-order valence-electron chi connectivity index (χ1n) is 10.8. The average molecular weight is 522 g/mol. The lowest BCUT2D eigenvalue weighted by Gasteiger charge is -2.14. The maximum Gasteiger partial charge on any atom is 0.394 e. The van der Waals surface area contributed by atoms with E-state index in [2.05, 4.69) is 14.7 Å². The number of fused-ring (bicyclic) bond motifs is 1. The first-order valence-corrected chi connectivity index (χ1v) is 11.2. The number of aryl methyl sites for hydroxylation is 1. The number of rotatable bonds is 9. The molecule has 10 nitrogen and oxygen atoms in total. The highest BCUT2D eigenvalue weighted by Gasteiger charge is 2.24. The summed E-state index contributed by atoms with van der Waals surface area (Å²) in [5, 5.41) is 9.61. The zero-order valence-corrected chi connectivity index (χ0v) is 20.1. The Morgan fingerprint density at radius 1 is 1.14 bits per heavy atom. The second-order valence-electron chi connectivity index (χ2n) is 7.98. The van der Waals surface area contributed by atoms with E-state index in [0.29, 0.717) is 17.6 Å². The number of halogens is 3. The molecule has 0 unspecified atom stereocenters. The van der Waals surface area contributed by atoms with E-state index in [1.165, 1.54) is 46.6 Å². The summed E-state index contributed by atoms with van der Waals surface area (Å²) in [5.41, 5.74) is -0.597. The lowest BCUT2D eigenvalue weighted by molar-refractivity contribution is -0.159. The maximum atomic E-state index is 13.4. The molecule has 0 spiro atoms. The van der Waals surface area contributed by atoms with Crippen molar-refractivity contribution in [1.82, 2.24) is 23.7 Å². The van der Waals surface area contributed by atoms with Crippen molar-refractivity contribution >= 4 is 22.8 Å². The molecule has 0 amide bonds. The minimum Gasteiger partial charge on any atom is -0.433 e. The number of hydrogen-bond acceptors (Lipinski definition) is 7. The predicted molar refractivity (Wildman–Crippen MR) is 127 cm³/mol. The Morgan fingerprint density at radius 2 is 1.89 bits per heavy atom. The third-order valence-electron chi connectivity index (χ3n) is 5.16. The third-order valence-corrected chi connectivity index (χ3v) is 5.38. The van der Waals surface area contributed by atoms with E-state index in [-0.39, 0.29) is 54.8 Å². The van der Waals surface area contributed by atoms with Crippen LogP contribution in [-0.4, -0.2) is 41.5 Å². The summed E-state index contributed by atoms with van der Waals surface area (Å²) in [7, 11) is 1.46. The van der Waals surface area contributed by atoms with Crippen molar-refractivity contribution in [3.8, 4) is 17.5 Å².